The third-order valence-electron chi connectivity index (χ3n) is 3.32. The average molecular weight is 327 g/mol. The molecule has 6 heteroatoms. The number of hydrogen-bond donors (Lipinski definition) is 1. The van der Waals surface area contributed by atoms with Crippen molar-refractivity contribution in [2.75, 3.05) is 5.32 Å². The Kier molecular flexibility index (Phi) is 4.68. The van der Waals surface area contributed by atoms with E-state index in [9.17, 15) is 4.79 Å². The fourth-order valence-electron chi connectivity index (χ4n) is 2.20. The summed E-state index contributed by atoms with van der Waals surface area (Å²) >= 11 is 5.93. The number of carbonyl (C=O) groups excluding carboxylic acids is 1. The molecule has 0 aliphatic rings. The third kappa shape index (κ3) is 4.17. The van der Waals surface area contributed by atoms with E-state index in [-0.39, 0.29) is 5.91 Å². The summed E-state index contributed by atoms with van der Waals surface area (Å²) in [6.07, 6.45) is 7.82. The molecule has 1 N–H and O–H groups in total. The second kappa shape index (κ2) is 7.07. The molecule has 0 aliphatic carbocycles. The zero-order valence-corrected chi connectivity index (χ0v) is 13.1. The monoisotopic (exact) mass is 326 g/mol. The minimum atomic E-state index is -0.0562. The molecule has 1 aromatic carbocycles. The second-order valence-corrected chi connectivity index (χ2v) is 5.49. The van der Waals surface area contributed by atoms with E-state index in [1.54, 1.807) is 29.5 Å². The van der Waals surface area contributed by atoms with Gasteiger partial charge in [0.2, 0.25) is 5.91 Å². The van der Waals surface area contributed by atoms with Gasteiger partial charge in [0.15, 0.2) is 0 Å². The highest BCUT2D eigenvalue weighted by Crippen LogP contribution is 2.14. The average Bonchev–Trinajstić information content (AvgIpc) is 3.02. The summed E-state index contributed by atoms with van der Waals surface area (Å²) < 4.78 is 1.69. The molecular formula is C17H15ClN4O. The van der Waals surface area contributed by atoms with Crippen LogP contribution >= 0.6 is 11.6 Å². The first kappa shape index (κ1) is 15.2. The summed E-state index contributed by atoms with van der Waals surface area (Å²) in [5.41, 5.74) is 2.59. The lowest BCUT2D eigenvalue weighted by Gasteiger charge is -2.03. The Labute approximate surface area is 138 Å². The highest BCUT2D eigenvalue weighted by atomic mass is 35.5. The minimum Gasteiger partial charge on any atom is -0.323 e. The van der Waals surface area contributed by atoms with Gasteiger partial charge in [0.1, 0.15) is 0 Å². The Bertz CT molecular complexity index is 801. The van der Waals surface area contributed by atoms with Gasteiger partial charge >= 0.3 is 0 Å². The Morgan fingerprint density at radius 1 is 1.22 bits per heavy atom. The van der Waals surface area contributed by atoms with Gasteiger partial charge in [-0.05, 0) is 36.2 Å². The topological polar surface area (TPSA) is 59.8 Å². The number of anilines is 1. The van der Waals surface area contributed by atoms with E-state index in [0.717, 1.165) is 11.3 Å². The Morgan fingerprint density at radius 3 is 2.83 bits per heavy atom. The van der Waals surface area contributed by atoms with Crippen LogP contribution in [0.4, 0.5) is 5.69 Å². The van der Waals surface area contributed by atoms with Gasteiger partial charge in [0, 0.05) is 23.8 Å². The van der Waals surface area contributed by atoms with E-state index < -0.39 is 0 Å². The Hall–Kier alpha value is -2.66. The van der Waals surface area contributed by atoms with Crippen LogP contribution in [0.15, 0.2) is 61.2 Å². The molecule has 0 spiro atoms. The first-order valence-corrected chi connectivity index (χ1v) is 7.58. The molecule has 23 heavy (non-hydrogen) atoms. The number of benzene rings is 1. The number of rotatable bonds is 5. The van der Waals surface area contributed by atoms with Crippen LogP contribution in [-0.2, 0) is 11.2 Å². The van der Waals surface area contributed by atoms with Crippen LogP contribution in [-0.4, -0.2) is 20.7 Å². The summed E-state index contributed by atoms with van der Waals surface area (Å²) in [7, 11) is 0. The minimum absolute atomic E-state index is 0.0562. The predicted molar refractivity (Wildman–Crippen MR) is 89.8 cm³/mol. The smallest absolute Gasteiger partial charge is 0.224 e. The van der Waals surface area contributed by atoms with Gasteiger partial charge in [-0.1, -0.05) is 23.7 Å². The van der Waals surface area contributed by atoms with Gasteiger partial charge in [0.25, 0.3) is 0 Å². The first-order valence-electron chi connectivity index (χ1n) is 7.20. The van der Waals surface area contributed by atoms with Gasteiger partial charge in [0.05, 0.1) is 23.8 Å². The van der Waals surface area contributed by atoms with Crippen LogP contribution in [0.5, 0.6) is 0 Å². The maximum Gasteiger partial charge on any atom is 0.224 e. The normalized spacial score (nSPS) is 10.5. The molecule has 2 heterocycles. The van der Waals surface area contributed by atoms with Crippen LogP contribution in [0, 0.1) is 0 Å². The molecule has 3 aromatic rings. The highest BCUT2D eigenvalue weighted by Gasteiger charge is 2.06. The number of halogens is 1. The zero-order valence-electron chi connectivity index (χ0n) is 12.3. The molecule has 0 bridgehead atoms. The quantitative estimate of drug-likeness (QED) is 0.780. The first-order chi connectivity index (χ1) is 11.2. The molecule has 116 valence electrons. The van der Waals surface area contributed by atoms with Crippen LogP contribution in [0.25, 0.3) is 5.69 Å². The second-order valence-electron chi connectivity index (χ2n) is 5.06. The molecule has 1 amide bonds. The fraction of sp³-hybridized carbons (Fsp3) is 0.118. The van der Waals surface area contributed by atoms with E-state index >= 15 is 0 Å². The molecule has 5 nitrogen and oxygen atoms in total. The molecule has 0 saturated heterocycles. The van der Waals surface area contributed by atoms with Crippen LogP contribution in [0.2, 0.25) is 5.02 Å². The predicted octanol–water partition coefficient (Wildman–Crippen LogP) is 3.49. The highest BCUT2D eigenvalue weighted by molar-refractivity contribution is 6.30. The van der Waals surface area contributed by atoms with Crippen molar-refractivity contribution >= 4 is 23.2 Å². The molecule has 2 aromatic heterocycles. The van der Waals surface area contributed by atoms with Gasteiger partial charge in [-0.15, -0.1) is 0 Å². The van der Waals surface area contributed by atoms with Gasteiger partial charge in [-0.2, -0.15) is 5.10 Å². The van der Waals surface area contributed by atoms with Crippen molar-refractivity contribution in [1.82, 2.24) is 14.8 Å². The van der Waals surface area contributed by atoms with E-state index in [1.165, 1.54) is 0 Å². The maximum atomic E-state index is 12.0. The van der Waals surface area contributed by atoms with Crippen molar-refractivity contribution in [2.45, 2.75) is 12.8 Å². The number of nitrogens with zero attached hydrogens (tertiary/aromatic N) is 3. The standard InChI is InChI=1S/C17H15ClN4O/c18-14-3-1-2-13(10-14)4-5-17(23)21-15-11-20-22(12-15)16-6-8-19-9-7-16/h1-3,6-12H,4-5H2,(H,21,23). The number of carbonyl (C=O) groups is 1. The van der Waals surface area contributed by atoms with Gasteiger partial charge in [-0.25, -0.2) is 4.68 Å². The number of nitrogens with one attached hydrogen (secondary N) is 1. The lowest BCUT2D eigenvalue weighted by molar-refractivity contribution is -0.116. The summed E-state index contributed by atoms with van der Waals surface area (Å²) in [5.74, 6) is -0.0562. The number of aryl methyl sites for hydroxylation is 1. The third-order valence-corrected chi connectivity index (χ3v) is 3.56. The number of hydrogen-bond acceptors (Lipinski definition) is 3. The van der Waals surface area contributed by atoms with Gasteiger partial charge in [-0.3, -0.25) is 9.78 Å². The number of aromatic nitrogens is 3. The maximum absolute atomic E-state index is 12.0. The lowest BCUT2D eigenvalue weighted by atomic mass is 10.1. The molecule has 0 radical (unpaired) electrons. The number of pyridine rings is 1. The zero-order chi connectivity index (χ0) is 16.1. The van der Waals surface area contributed by atoms with Crippen molar-refractivity contribution in [3.05, 3.63) is 71.8 Å². The van der Waals surface area contributed by atoms with Crippen molar-refractivity contribution in [2.24, 2.45) is 0 Å². The van der Waals surface area contributed by atoms with Crippen LogP contribution in [0.1, 0.15) is 12.0 Å². The van der Waals surface area contributed by atoms with E-state index in [2.05, 4.69) is 15.4 Å². The Morgan fingerprint density at radius 2 is 2.04 bits per heavy atom. The van der Waals surface area contributed by atoms with E-state index in [4.69, 9.17) is 11.6 Å². The fourth-order valence-corrected chi connectivity index (χ4v) is 2.41. The summed E-state index contributed by atoms with van der Waals surface area (Å²) in [4.78, 5) is 16.0. The SMILES string of the molecule is O=C(CCc1cccc(Cl)c1)Nc1cnn(-c2ccncc2)c1. The van der Waals surface area contributed by atoms with Crippen molar-refractivity contribution in [3.63, 3.8) is 0 Å². The van der Waals surface area contributed by atoms with Crippen molar-refractivity contribution < 1.29 is 4.79 Å². The van der Waals surface area contributed by atoms with E-state index in [1.807, 2.05) is 36.4 Å². The number of amides is 1. The summed E-state index contributed by atoms with van der Waals surface area (Å²) in [5, 5.41) is 7.75. The van der Waals surface area contributed by atoms with Crippen LogP contribution in [0.3, 0.4) is 0 Å². The Balaban J connectivity index is 1.57. The molecule has 0 aliphatic heterocycles. The van der Waals surface area contributed by atoms with Crippen molar-refractivity contribution in [1.29, 1.82) is 0 Å². The molecule has 0 unspecified atom stereocenters. The largest absolute Gasteiger partial charge is 0.323 e. The summed E-state index contributed by atoms with van der Waals surface area (Å²) in [6, 6.07) is 11.2. The van der Waals surface area contributed by atoms with Crippen LogP contribution < -0.4 is 5.32 Å². The van der Waals surface area contributed by atoms with Gasteiger partial charge < -0.3 is 5.32 Å². The molecule has 0 atom stereocenters. The van der Waals surface area contributed by atoms with E-state index in [0.29, 0.717) is 23.6 Å². The summed E-state index contributed by atoms with van der Waals surface area (Å²) in [6.45, 7) is 0. The molecule has 3 rings (SSSR count). The molecule has 0 fully saturated rings. The lowest BCUT2D eigenvalue weighted by Crippen LogP contribution is -2.11. The molecular weight excluding hydrogens is 312 g/mol. The van der Waals surface area contributed by atoms with Crippen molar-refractivity contribution in [3.8, 4) is 5.69 Å². The molecule has 0 saturated carbocycles.